The number of carbonyl (C=O) groups excluding carboxylic acids is 1. The van der Waals surface area contributed by atoms with Gasteiger partial charge < -0.3 is 11.1 Å². The lowest BCUT2D eigenvalue weighted by Crippen LogP contribution is -2.11. The van der Waals surface area contributed by atoms with E-state index in [2.05, 4.69) is 24.1 Å². The normalized spacial score (nSPS) is 9.81. The van der Waals surface area contributed by atoms with Crippen molar-refractivity contribution in [2.45, 2.75) is 19.8 Å². The van der Waals surface area contributed by atoms with Gasteiger partial charge in [-0.05, 0) is 35.6 Å². The fourth-order valence-electron chi connectivity index (χ4n) is 1.96. The number of aryl methyl sites for hydroxylation is 1. The molecule has 0 spiro atoms. The Labute approximate surface area is 129 Å². The van der Waals surface area contributed by atoms with Crippen LogP contribution in [-0.2, 0) is 6.42 Å². The molecule has 0 atom stereocenters. The minimum Gasteiger partial charge on any atom is -0.321 e. The number of amides is 1. The van der Waals surface area contributed by atoms with E-state index < -0.39 is 0 Å². The Morgan fingerprint density at radius 3 is 2.71 bits per heavy atom. The van der Waals surface area contributed by atoms with Gasteiger partial charge in [0.15, 0.2) is 0 Å². The summed E-state index contributed by atoms with van der Waals surface area (Å²) in [6.45, 7) is 2.44. The molecule has 0 unspecified atom stereocenters. The number of nitrogens with two attached hydrogens (primary N) is 1. The number of thiophene rings is 1. The molecule has 0 radical (unpaired) electrons. The number of rotatable bonds is 4. The number of benzene rings is 1. The Morgan fingerprint density at radius 1 is 1.29 bits per heavy atom. The third-order valence-electron chi connectivity index (χ3n) is 2.95. The van der Waals surface area contributed by atoms with Crippen LogP contribution in [0.4, 0.5) is 5.69 Å². The molecule has 3 nitrogen and oxygen atoms in total. The monoisotopic (exact) mass is 298 g/mol. The minimum atomic E-state index is -0.130. The first-order valence-electron chi connectivity index (χ1n) is 6.91. The van der Waals surface area contributed by atoms with Gasteiger partial charge in [-0.1, -0.05) is 37.3 Å². The number of carbonyl (C=O) groups is 1. The zero-order valence-corrected chi connectivity index (χ0v) is 12.8. The molecule has 1 aromatic carbocycles. The van der Waals surface area contributed by atoms with E-state index in [1.807, 2.05) is 35.7 Å². The molecule has 2 rings (SSSR count). The van der Waals surface area contributed by atoms with Crippen LogP contribution in [0.25, 0.3) is 0 Å². The minimum absolute atomic E-state index is 0.130. The lowest BCUT2D eigenvalue weighted by Gasteiger charge is -2.05. The Bertz CT molecular complexity index is 662. The third-order valence-corrected chi connectivity index (χ3v) is 3.86. The maximum atomic E-state index is 12.3. The van der Waals surface area contributed by atoms with Crippen molar-refractivity contribution in [1.82, 2.24) is 0 Å². The average Bonchev–Trinajstić information content (AvgIpc) is 2.96. The fourth-order valence-corrected chi connectivity index (χ4v) is 2.71. The molecule has 0 aliphatic carbocycles. The van der Waals surface area contributed by atoms with E-state index in [1.54, 1.807) is 0 Å². The largest absolute Gasteiger partial charge is 0.321 e. The molecule has 0 aliphatic rings. The van der Waals surface area contributed by atoms with Crippen LogP contribution < -0.4 is 11.1 Å². The first-order valence-corrected chi connectivity index (χ1v) is 7.79. The summed E-state index contributed by atoms with van der Waals surface area (Å²) in [4.78, 5) is 12.9. The zero-order valence-electron chi connectivity index (χ0n) is 12.0. The maximum absolute atomic E-state index is 12.3. The molecule has 1 heterocycles. The van der Waals surface area contributed by atoms with Crippen LogP contribution in [0, 0.1) is 11.8 Å². The summed E-state index contributed by atoms with van der Waals surface area (Å²) in [7, 11) is 0. The fraction of sp³-hybridized carbons (Fsp3) is 0.235. The van der Waals surface area contributed by atoms with Crippen molar-refractivity contribution in [3.8, 4) is 11.8 Å². The number of hydrogen-bond donors (Lipinski definition) is 2. The van der Waals surface area contributed by atoms with E-state index in [1.165, 1.54) is 16.9 Å². The van der Waals surface area contributed by atoms with Gasteiger partial charge in [0.25, 0.3) is 5.91 Å². The molecule has 3 N–H and O–H groups in total. The standard InChI is InChI=1S/C17H18N2OS/c1-2-4-13-6-8-15(9-7-13)19-17(20)16-14(5-3-11-18)10-12-21-16/h6-10,12H,2,4,11,18H2,1H3,(H,19,20). The molecule has 0 aliphatic heterocycles. The van der Waals surface area contributed by atoms with E-state index in [-0.39, 0.29) is 12.5 Å². The SMILES string of the molecule is CCCc1ccc(NC(=O)c2sccc2C#CCN)cc1. The Hall–Kier alpha value is -2.09. The third kappa shape index (κ3) is 4.19. The summed E-state index contributed by atoms with van der Waals surface area (Å²) < 4.78 is 0. The van der Waals surface area contributed by atoms with Crippen LogP contribution in [-0.4, -0.2) is 12.5 Å². The van der Waals surface area contributed by atoms with Crippen LogP contribution in [0.5, 0.6) is 0 Å². The van der Waals surface area contributed by atoms with E-state index >= 15 is 0 Å². The number of hydrogen-bond acceptors (Lipinski definition) is 3. The lowest BCUT2D eigenvalue weighted by molar-refractivity contribution is 0.103. The maximum Gasteiger partial charge on any atom is 0.267 e. The van der Waals surface area contributed by atoms with E-state index in [4.69, 9.17) is 5.73 Å². The van der Waals surface area contributed by atoms with Crippen molar-refractivity contribution < 1.29 is 4.79 Å². The first-order chi connectivity index (χ1) is 10.2. The number of anilines is 1. The van der Waals surface area contributed by atoms with E-state index in [9.17, 15) is 4.79 Å². The lowest BCUT2D eigenvalue weighted by atomic mass is 10.1. The molecule has 4 heteroatoms. The van der Waals surface area contributed by atoms with Crippen molar-refractivity contribution >= 4 is 22.9 Å². The van der Waals surface area contributed by atoms with Crippen LogP contribution in [0.2, 0.25) is 0 Å². The Morgan fingerprint density at radius 2 is 2.05 bits per heavy atom. The quantitative estimate of drug-likeness (QED) is 0.851. The van der Waals surface area contributed by atoms with Gasteiger partial charge in [-0.3, -0.25) is 4.79 Å². The molecule has 1 aromatic heterocycles. The van der Waals surface area contributed by atoms with Gasteiger partial charge in [0.2, 0.25) is 0 Å². The summed E-state index contributed by atoms with van der Waals surface area (Å²) in [6, 6.07) is 9.79. The molecule has 0 bridgehead atoms. The summed E-state index contributed by atoms with van der Waals surface area (Å²) in [5, 5.41) is 4.76. The molecular weight excluding hydrogens is 280 g/mol. The van der Waals surface area contributed by atoms with Gasteiger partial charge in [-0.2, -0.15) is 0 Å². The number of nitrogens with one attached hydrogen (secondary N) is 1. The smallest absolute Gasteiger partial charge is 0.267 e. The highest BCUT2D eigenvalue weighted by Crippen LogP contribution is 2.18. The second-order valence-corrected chi connectivity index (χ2v) is 5.49. The van der Waals surface area contributed by atoms with E-state index in [0.29, 0.717) is 4.88 Å². The molecule has 21 heavy (non-hydrogen) atoms. The zero-order chi connectivity index (χ0) is 15.1. The van der Waals surface area contributed by atoms with Crippen molar-refractivity contribution in [3.05, 3.63) is 51.7 Å². The van der Waals surface area contributed by atoms with Gasteiger partial charge >= 0.3 is 0 Å². The van der Waals surface area contributed by atoms with E-state index in [0.717, 1.165) is 24.1 Å². The highest BCUT2D eigenvalue weighted by molar-refractivity contribution is 7.12. The van der Waals surface area contributed by atoms with Gasteiger partial charge in [-0.25, -0.2) is 0 Å². The molecule has 1 amide bonds. The highest BCUT2D eigenvalue weighted by Gasteiger charge is 2.12. The summed E-state index contributed by atoms with van der Waals surface area (Å²) in [5.41, 5.74) is 8.17. The molecule has 0 saturated heterocycles. The second kappa shape index (κ2) is 7.63. The summed E-state index contributed by atoms with van der Waals surface area (Å²) in [6.07, 6.45) is 2.17. The topological polar surface area (TPSA) is 55.1 Å². The van der Waals surface area contributed by atoms with Crippen LogP contribution >= 0.6 is 11.3 Å². The Balaban J connectivity index is 2.09. The Kier molecular flexibility index (Phi) is 5.56. The van der Waals surface area contributed by atoms with Gasteiger partial charge in [-0.15, -0.1) is 11.3 Å². The summed E-state index contributed by atoms with van der Waals surface area (Å²) >= 11 is 1.38. The van der Waals surface area contributed by atoms with Crippen molar-refractivity contribution in [1.29, 1.82) is 0 Å². The molecule has 0 fully saturated rings. The van der Waals surface area contributed by atoms with Crippen molar-refractivity contribution in [2.75, 3.05) is 11.9 Å². The van der Waals surface area contributed by atoms with Crippen molar-refractivity contribution in [2.24, 2.45) is 5.73 Å². The average molecular weight is 298 g/mol. The van der Waals surface area contributed by atoms with Crippen LogP contribution in [0.3, 0.4) is 0 Å². The highest BCUT2D eigenvalue weighted by atomic mass is 32.1. The second-order valence-electron chi connectivity index (χ2n) is 4.57. The molecular formula is C17H18N2OS. The van der Waals surface area contributed by atoms with Crippen LogP contribution in [0.1, 0.15) is 34.1 Å². The van der Waals surface area contributed by atoms with Crippen LogP contribution in [0.15, 0.2) is 35.7 Å². The summed E-state index contributed by atoms with van der Waals surface area (Å²) in [5.74, 6) is 5.57. The predicted octanol–water partition coefficient (Wildman–Crippen LogP) is 3.26. The molecule has 108 valence electrons. The van der Waals surface area contributed by atoms with Gasteiger partial charge in [0, 0.05) is 11.3 Å². The molecule has 0 saturated carbocycles. The predicted molar refractivity (Wildman–Crippen MR) is 88.6 cm³/mol. The van der Waals surface area contributed by atoms with Gasteiger partial charge in [0.05, 0.1) is 6.54 Å². The van der Waals surface area contributed by atoms with Gasteiger partial charge in [0.1, 0.15) is 4.88 Å². The first kappa shape index (κ1) is 15.3. The molecule has 2 aromatic rings. The van der Waals surface area contributed by atoms with Crippen molar-refractivity contribution in [3.63, 3.8) is 0 Å².